The average Bonchev–Trinajstić information content (AvgIpc) is 3.20. The molecule has 1 unspecified atom stereocenters. The van der Waals surface area contributed by atoms with Crippen molar-refractivity contribution in [2.24, 2.45) is 5.92 Å². The minimum Gasteiger partial charge on any atom is -0.495 e. The molecule has 0 spiro atoms. The Bertz CT molecular complexity index is 1110. The van der Waals surface area contributed by atoms with Crippen molar-refractivity contribution in [3.63, 3.8) is 0 Å². The van der Waals surface area contributed by atoms with Gasteiger partial charge in [0.05, 0.1) is 24.8 Å². The van der Waals surface area contributed by atoms with Gasteiger partial charge in [-0.3, -0.25) is 9.59 Å². The molecule has 1 atom stereocenters. The minimum absolute atomic E-state index is 0.0857. The largest absolute Gasteiger partial charge is 0.495 e. The number of rotatable bonds is 4. The predicted molar refractivity (Wildman–Crippen MR) is 116 cm³/mol. The van der Waals surface area contributed by atoms with E-state index in [0.29, 0.717) is 18.0 Å². The molecule has 2 aliphatic heterocycles. The lowest BCUT2D eigenvalue weighted by Crippen LogP contribution is -2.37. The van der Waals surface area contributed by atoms with Gasteiger partial charge in [0.15, 0.2) is 0 Å². The van der Waals surface area contributed by atoms with E-state index in [4.69, 9.17) is 9.47 Å². The van der Waals surface area contributed by atoms with Crippen molar-refractivity contribution in [1.29, 1.82) is 0 Å². The number of fused-ring (bicyclic) bond motifs is 2. The van der Waals surface area contributed by atoms with Crippen LogP contribution < -0.4 is 19.7 Å². The highest BCUT2D eigenvalue weighted by Gasteiger charge is 2.38. The lowest BCUT2D eigenvalue weighted by atomic mass is 9.93. The van der Waals surface area contributed by atoms with Gasteiger partial charge >= 0.3 is 0 Å². The van der Waals surface area contributed by atoms with Crippen molar-refractivity contribution in [2.45, 2.75) is 12.5 Å². The molecule has 2 aliphatic rings. The van der Waals surface area contributed by atoms with Crippen molar-refractivity contribution >= 4 is 17.5 Å². The molecular formula is C25H22N2O4. The topological polar surface area (TPSA) is 67.9 Å². The molecule has 6 heteroatoms. The Morgan fingerprint density at radius 2 is 1.58 bits per heavy atom. The Hall–Kier alpha value is -3.80. The fourth-order valence-electron chi connectivity index (χ4n) is 4.29. The molecule has 3 aromatic carbocycles. The lowest BCUT2D eigenvalue weighted by molar-refractivity contribution is -0.126. The Morgan fingerprint density at radius 1 is 0.968 bits per heavy atom. The van der Waals surface area contributed by atoms with Gasteiger partial charge in [0.1, 0.15) is 17.2 Å². The molecule has 156 valence electrons. The number of methoxy groups -OCH3 is 1. The quantitative estimate of drug-likeness (QED) is 0.699. The number of ether oxygens (including phenoxy) is 2. The molecular weight excluding hydrogens is 392 g/mol. The van der Waals surface area contributed by atoms with E-state index < -0.39 is 5.92 Å². The molecule has 6 nitrogen and oxygen atoms in total. The average molecular weight is 414 g/mol. The number of anilines is 1. The molecule has 0 bridgehead atoms. The molecule has 2 amide bonds. The van der Waals surface area contributed by atoms with Crippen LogP contribution in [0.25, 0.3) is 0 Å². The zero-order chi connectivity index (χ0) is 21.4. The lowest BCUT2D eigenvalue weighted by Gasteiger charge is -2.29. The van der Waals surface area contributed by atoms with Gasteiger partial charge in [-0.25, -0.2) is 0 Å². The predicted octanol–water partition coefficient (Wildman–Crippen LogP) is 4.06. The molecule has 1 N–H and O–H groups in total. The highest BCUT2D eigenvalue weighted by atomic mass is 16.5. The van der Waals surface area contributed by atoms with Crippen LogP contribution in [0.3, 0.4) is 0 Å². The van der Waals surface area contributed by atoms with Crippen LogP contribution in [-0.4, -0.2) is 25.5 Å². The van der Waals surface area contributed by atoms with Crippen LogP contribution in [0.5, 0.6) is 17.2 Å². The summed E-state index contributed by atoms with van der Waals surface area (Å²) >= 11 is 0. The maximum atomic E-state index is 13.2. The second kappa shape index (κ2) is 7.80. The zero-order valence-electron chi connectivity index (χ0n) is 17.1. The SMILES string of the molecule is COc1ccccc1N1CC(C(=O)NC2c3ccccc3Oc3ccccc32)CC1=O. The van der Waals surface area contributed by atoms with Crippen LogP contribution in [0, 0.1) is 5.92 Å². The number of benzene rings is 3. The molecule has 5 rings (SSSR count). The zero-order valence-corrected chi connectivity index (χ0v) is 17.1. The van der Waals surface area contributed by atoms with E-state index in [1.807, 2.05) is 72.8 Å². The van der Waals surface area contributed by atoms with E-state index >= 15 is 0 Å². The highest BCUT2D eigenvalue weighted by Crippen LogP contribution is 2.43. The molecule has 1 fully saturated rings. The third-order valence-electron chi connectivity index (χ3n) is 5.84. The summed E-state index contributed by atoms with van der Waals surface area (Å²) in [6, 6.07) is 22.4. The number of carbonyl (C=O) groups is 2. The number of hydrogen-bond acceptors (Lipinski definition) is 4. The molecule has 31 heavy (non-hydrogen) atoms. The minimum atomic E-state index is -0.445. The fraction of sp³-hybridized carbons (Fsp3) is 0.200. The third-order valence-corrected chi connectivity index (χ3v) is 5.84. The Kier molecular flexibility index (Phi) is 4.82. The molecule has 0 saturated carbocycles. The maximum Gasteiger partial charge on any atom is 0.227 e. The maximum absolute atomic E-state index is 13.2. The summed E-state index contributed by atoms with van der Waals surface area (Å²) < 4.78 is 11.4. The van der Waals surface area contributed by atoms with Crippen molar-refractivity contribution in [1.82, 2.24) is 5.32 Å². The highest BCUT2D eigenvalue weighted by molar-refractivity contribution is 6.01. The van der Waals surface area contributed by atoms with E-state index in [1.54, 1.807) is 12.0 Å². The molecule has 0 aliphatic carbocycles. The summed E-state index contributed by atoms with van der Waals surface area (Å²) in [4.78, 5) is 27.6. The number of amides is 2. The fourth-order valence-corrected chi connectivity index (χ4v) is 4.29. The smallest absolute Gasteiger partial charge is 0.227 e. The van der Waals surface area contributed by atoms with Gasteiger partial charge < -0.3 is 19.7 Å². The van der Waals surface area contributed by atoms with E-state index in [-0.39, 0.29) is 24.3 Å². The molecule has 1 saturated heterocycles. The Morgan fingerprint density at radius 3 is 2.26 bits per heavy atom. The van der Waals surface area contributed by atoms with Crippen LogP contribution >= 0.6 is 0 Å². The molecule has 2 heterocycles. The summed E-state index contributed by atoms with van der Waals surface area (Å²) in [5, 5.41) is 3.17. The first-order valence-electron chi connectivity index (χ1n) is 10.2. The van der Waals surface area contributed by atoms with Crippen LogP contribution in [-0.2, 0) is 9.59 Å². The first kappa shape index (κ1) is 19.2. The number of para-hydroxylation sites is 4. The number of nitrogens with one attached hydrogen (secondary N) is 1. The summed E-state index contributed by atoms with van der Waals surface area (Å²) in [6.45, 7) is 0.317. The van der Waals surface area contributed by atoms with Crippen molar-refractivity contribution in [3.8, 4) is 17.2 Å². The second-order valence-corrected chi connectivity index (χ2v) is 7.70. The van der Waals surface area contributed by atoms with Crippen molar-refractivity contribution < 1.29 is 19.1 Å². The summed E-state index contributed by atoms with van der Waals surface area (Å²) in [6.07, 6.45) is 0.163. The first-order valence-corrected chi connectivity index (χ1v) is 10.2. The van der Waals surface area contributed by atoms with Crippen molar-refractivity contribution in [2.75, 3.05) is 18.6 Å². The van der Waals surface area contributed by atoms with Crippen molar-refractivity contribution in [3.05, 3.63) is 83.9 Å². The van der Waals surface area contributed by atoms with Crippen LogP contribution in [0.1, 0.15) is 23.6 Å². The molecule has 0 radical (unpaired) electrons. The number of nitrogens with zero attached hydrogens (tertiary/aromatic N) is 1. The Labute approximate surface area is 180 Å². The van der Waals surface area contributed by atoms with Crippen LogP contribution in [0.4, 0.5) is 5.69 Å². The van der Waals surface area contributed by atoms with Gasteiger partial charge in [0.25, 0.3) is 0 Å². The summed E-state index contributed by atoms with van der Waals surface area (Å²) in [7, 11) is 1.57. The van der Waals surface area contributed by atoms with E-state index in [2.05, 4.69) is 5.32 Å². The van der Waals surface area contributed by atoms with Crippen LogP contribution in [0.15, 0.2) is 72.8 Å². The van der Waals surface area contributed by atoms with Gasteiger partial charge in [-0.05, 0) is 24.3 Å². The number of hydrogen-bond donors (Lipinski definition) is 1. The van der Waals surface area contributed by atoms with Gasteiger partial charge in [-0.15, -0.1) is 0 Å². The van der Waals surface area contributed by atoms with E-state index in [1.165, 1.54) is 0 Å². The van der Waals surface area contributed by atoms with E-state index in [9.17, 15) is 9.59 Å². The van der Waals surface area contributed by atoms with Gasteiger partial charge in [-0.1, -0.05) is 48.5 Å². The number of carbonyl (C=O) groups excluding carboxylic acids is 2. The van der Waals surface area contributed by atoms with Gasteiger partial charge in [0, 0.05) is 24.1 Å². The molecule has 3 aromatic rings. The summed E-state index contributed by atoms with van der Waals surface area (Å²) in [5.41, 5.74) is 2.49. The van der Waals surface area contributed by atoms with Crippen LogP contribution in [0.2, 0.25) is 0 Å². The third kappa shape index (κ3) is 3.40. The van der Waals surface area contributed by atoms with Gasteiger partial charge in [-0.2, -0.15) is 0 Å². The standard InChI is InChI=1S/C25H22N2O4/c1-30-22-13-7-4-10-19(22)27-15-16(14-23(27)28)25(29)26-24-17-8-2-5-11-20(17)31-21-12-6-3-9-18(21)24/h2-13,16,24H,14-15H2,1H3,(H,26,29). The summed E-state index contributed by atoms with van der Waals surface area (Å²) in [5.74, 6) is 1.39. The molecule has 0 aromatic heterocycles. The second-order valence-electron chi connectivity index (χ2n) is 7.70. The normalized spacial score (nSPS) is 17.5. The monoisotopic (exact) mass is 414 g/mol. The van der Waals surface area contributed by atoms with Gasteiger partial charge in [0.2, 0.25) is 11.8 Å². The Balaban J connectivity index is 1.40. The first-order chi connectivity index (χ1) is 15.2. The van der Waals surface area contributed by atoms with E-state index in [0.717, 1.165) is 22.6 Å².